The quantitative estimate of drug-likeness (QED) is 0.545. The molecule has 1 aliphatic rings. The number of ether oxygens (including phenoxy) is 1. The smallest absolute Gasteiger partial charge is 0.321 e. The van der Waals surface area contributed by atoms with Gasteiger partial charge >= 0.3 is 6.03 Å². The van der Waals surface area contributed by atoms with E-state index in [2.05, 4.69) is 10.0 Å². The van der Waals surface area contributed by atoms with Gasteiger partial charge < -0.3 is 15.0 Å². The van der Waals surface area contributed by atoms with Gasteiger partial charge in [-0.3, -0.25) is 4.72 Å². The molecular weight excluding hydrogens is 426 g/mol. The van der Waals surface area contributed by atoms with E-state index in [9.17, 15) is 13.2 Å². The third-order valence-electron chi connectivity index (χ3n) is 5.16. The van der Waals surface area contributed by atoms with Crippen molar-refractivity contribution in [1.29, 1.82) is 0 Å². The highest BCUT2D eigenvalue weighted by Gasteiger charge is 2.18. The van der Waals surface area contributed by atoms with E-state index in [-0.39, 0.29) is 10.9 Å². The number of urea groups is 1. The number of nitrogens with one attached hydrogen (secondary N) is 2. The Morgan fingerprint density at radius 3 is 2.12 bits per heavy atom. The largest absolute Gasteiger partial charge is 0.489 e. The zero-order valence-electron chi connectivity index (χ0n) is 17.5. The number of benzene rings is 3. The van der Waals surface area contributed by atoms with Gasteiger partial charge in [0, 0.05) is 24.5 Å². The van der Waals surface area contributed by atoms with Gasteiger partial charge in [-0.25, -0.2) is 13.2 Å². The van der Waals surface area contributed by atoms with Crippen LogP contribution < -0.4 is 14.8 Å². The van der Waals surface area contributed by atoms with E-state index in [0.29, 0.717) is 23.7 Å². The van der Waals surface area contributed by atoms with Gasteiger partial charge in [-0.2, -0.15) is 0 Å². The summed E-state index contributed by atoms with van der Waals surface area (Å²) in [6.45, 7) is 1.93. The molecule has 0 aromatic heterocycles. The molecule has 0 spiro atoms. The molecule has 2 amide bonds. The number of likely N-dealkylation sites (tertiary alicyclic amines) is 1. The molecule has 1 aliphatic heterocycles. The van der Waals surface area contributed by atoms with Gasteiger partial charge in [-0.15, -0.1) is 0 Å². The van der Waals surface area contributed by atoms with E-state index in [1.807, 2.05) is 30.3 Å². The van der Waals surface area contributed by atoms with Gasteiger partial charge in [0.2, 0.25) is 0 Å². The highest BCUT2D eigenvalue weighted by molar-refractivity contribution is 7.92. The highest BCUT2D eigenvalue weighted by atomic mass is 32.2. The SMILES string of the molecule is O=C(Nc1ccc(S(=O)(=O)Nc2ccc(OCc3ccccc3)cc2)cc1)N1CCCC1. The molecule has 1 fully saturated rings. The second kappa shape index (κ2) is 9.74. The van der Waals surface area contributed by atoms with E-state index in [0.717, 1.165) is 31.5 Å². The number of carbonyl (C=O) groups excluding carboxylic acids is 1. The van der Waals surface area contributed by atoms with Crippen LogP contribution in [0.2, 0.25) is 0 Å². The van der Waals surface area contributed by atoms with Crippen LogP contribution in [0.4, 0.5) is 16.2 Å². The molecule has 0 radical (unpaired) electrons. The summed E-state index contributed by atoms with van der Waals surface area (Å²) < 4.78 is 33.7. The van der Waals surface area contributed by atoms with Crippen LogP contribution in [0, 0.1) is 0 Å². The van der Waals surface area contributed by atoms with Crippen LogP contribution in [0.15, 0.2) is 83.8 Å². The van der Waals surface area contributed by atoms with E-state index in [4.69, 9.17) is 4.74 Å². The summed E-state index contributed by atoms with van der Waals surface area (Å²) in [4.78, 5) is 14.0. The minimum atomic E-state index is -3.76. The molecule has 3 aromatic rings. The fraction of sp³-hybridized carbons (Fsp3) is 0.208. The average molecular weight is 452 g/mol. The molecule has 0 bridgehead atoms. The summed E-state index contributed by atoms with van der Waals surface area (Å²) in [5, 5.41) is 2.80. The van der Waals surface area contributed by atoms with Crippen molar-refractivity contribution in [2.75, 3.05) is 23.1 Å². The number of hydrogen-bond acceptors (Lipinski definition) is 4. The summed E-state index contributed by atoms with van der Waals surface area (Å²) in [5.74, 6) is 0.648. The molecule has 7 nitrogen and oxygen atoms in total. The number of rotatable bonds is 7. The van der Waals surface area contributed by atoms with Crippen molar-refractivity contribution >= 4 is 27.4 Å². The van der Waals surface area contributed by atoms with Crippen molar-refractivity contribution < 1.29 is 17.9 Å². The van der Waals surface area contributed by atoms with Crippen LogP contribution in [-0.4, -0.2) is 32.4 Å². The fourth-order valence-corrected chi connectivity index (χ4v) is 4.47. The van der Waals surface area contributed by atoms with Crippen LogP contribution in [0.5, 0.6) is 5.75 Å². The standard InChI is InChI=1S/C24H25N3O4S/c28-24(27-16-4-5-17-27)25-20-10-14-23(15-11-20)32(29,30)26-21-8-12-22(13-9-21)31-18-19-6-2-1-3-7-19/h1-3,6-15,26H,4-5,16-18H2,(H,25,28). The van der Waals surface area contributed by atoms with E-state index < -0.39 is 10.0 Å². The number of sulfonamides is 1. The van der Waals surface area contributed by atoms with Gasteiger partial charge in [-0.1, -0.05) is 30.3 Å². The molecule has 166 valence electrons. The molecule has 8 heteroatoms. The zero-order chi connectivity index (χ0) is 22.4. The van der Waals surface area contributed by atoms with E-state index in [1.165, 1.54) is 12.1 Å². The van der Waals surface area contributed by atoms with Crippen molar-refractivity contribution in [1.82, 2.24) is 4.90 Å². The molecule has 2 N–H and O–H groups in total. The van der Waals surface area contributed by atoms with Crippen LogP contribution in [-0.2, 0) is 16.6 Å². The number of hydrogen-bond donors (Lipinski definition) is 2. The van der Waals surface area contributed by atoms with Crippen molar-refractivity contribution in [3.8, 4) is 5.75 Å². The van der Waals surface area contributed by atoms with Gasteiger partial charge in [-0.05, 0) is 66.9 Å². The van der Waals surface area contributed by atoms with Crippen LogP contribution >= 0.6 is 0 Å². The van der Waals surface area contributed by atoms with Crippen molar-refractivity contribution in [2.45, 2.75) is 24.3 Å². The minimum Gasteiger partial charge on any atom is -0.489 e. The summed E-state index contributed by atoms with van der Waals surface area (Å²) in [7, 11) is -3.76. The number of amides is 2. The number of nitrogens with zero attached hydrogens (tertiary/aromatic N) is 1. The molecule has 0 aliphatic carbocycles. The van der Waals surface area contributed by atoms with Crippen LogP contribution in [0.25, 0.3) is 0 Å². The summed E-state index contributed by atoms with van der Waals surface area (Å²) in [6.07, 6.45) is 2.02. The molecule has 32 heavy (non-hydrogen) atoms. The molecule has 1 heterocycles. The first-order valence-corrected chi connectivity index (χ1v) is 11.9. The Morgan fingerprint density at radius 1 is 0.844 bits per heavy atom. The maximum absolute atomic E-state index is 12.7. The first-order valence-electron chi connectivity index (χ1n) is 10.5. The Kier molecular flexibility index (Phi) is 6.61. The van der Waals surface area contributed by atoms with Gasteiger partial charge in [0.1, 0.15) is 12.4 Å². The lowest BCUT2D eigenvalue weighted by Crippen LogP contribution is -2.32. The number of carbonyl (C=O) groups is 1. The maximum atomic E-state index is 12.7. The average Bonchev–Trinajstić information content (AvgIpc) is 3.35. The van der Waals surface area contributed by atoms with Crippen molar-refractivity contribution in [3.63, 3.8) is 0 Å². The molecule has 0 saturated carbocycles. The lowest BCUT2D eigenvalue weighted by atomic mass is 10.2. The lowest BCUT2D eigenvalue weighted by Gasteiger charge is -2.16. The van der Waals surface area contributed by atoms with Crippen LogP contribution in [0.3, 0.4) is 0 Å². The van der Waals surface area contributed by atoms with Crippen LogP contribution in [0.1, 0.15) is 18.4 Å². The maximum Gasteiger partial charge on any atom is 0.321 e. The second-order valence-corrected chi connectivity index (χ2v) is 9.24. The molecular formula is C24H25N3O4S. The summed E-state index contributed by atoms with van der Waals surface area (Å²) in [5.41, 5.74) is 2.04. The Bertz CT molecular complexity index is 1140. The predicted molar refractivity (Wildman–Crippen MR) is 124 cm³/mol. The Morgan fingerprint density at radius 2 is 1.47 bits per heavy atom. The van der Waals surface area contributed by atoms with Crippen molar-refractivity contribution in [2.24, 2.45) is 0 Å². The third-order valence-corrected chi connectivity index (χ3v) is 6.56. The predicted octanol–water partition coefficient (Wildman–Crippen LogP) is 4.69. The number of anilines is 2. The lowest BCUT2D eigenvalue weighted by molar-refractivity contribution is 0.222. The Balaban J connectivity index is 1.34. The summed E-state index contributed by atoms with van der Waals surface area (Å²) in [6, 6.07) is 22.5. The van der Waals surface area contributed by atoms with Gasteiger partial charge in [0.15, 0.2) is 0 Å². The highest BCUT2D eigenvalue weighted by Crippen LogP contribution is 2.22. The minimum absolute atomic E-state index is 0.112. The second-order valence-electron chi connectivity index (χ2n) is 7.55. The Labute approximate surface area is 188 Å². The normalized spacial score (nSPS) is 13.6. The van der Waals surface area contributed by atoms with E-state index in [1.54, 1.807) is 41.3 Å². The Hall–Kier alpha value is -3.52. The van der Waals surface area contributed by atoms with E-state index >= 15 is 0 Å². The third kappa shape index (κ3) is 5.59. The fourth-order valence-electron chi connectivity index (χ4n) is 3.41. The summed E-state index contributed by atoms with van der Waals surface area (Å²) >= 11 is 0. The molecule has 0 atom stereocenters. The zero-order valence-corrected chi connectivity index (χ0v) is 18.3. The van der Waals surface area contributed by atoms with Gasteiger partial charge in [0.05, 0.1) is 4.90 Å². The monoisotopic (exact) mass is 451 g/mol. The first-order chi connectivity index (χ1) is 15.5. The molecule has 1 saturated heterocycles. The molecule has 0 unspecified atom stereocenters. The topological polar surface area (TPSA) is 87.7 Å². The van der Waals surface area contributed by atoms with Crippen molar-refractivity contribution in [3.05, 3.63) is 84.4 Å². The first kappa shape index (κ1) is 21.7. The molecule has 4 rings (SSSR count). The molecule has 3 aromatic carbocycles. The van der Waals surface area contributed by atoms with Gasteiger partial charge in [0.25, 0.3) is 10.0 Å².